The van der Waals surface area contributed by atoms with Crippen LogP contribution in [0.1, 0.15) is 5.56 Å². The molecule has 0 saturated carbocycles. The summed E-state index contributed by atoms with van der Waals surface area (Å²) in [6.45, 7) is 0.485. The summed E-state index contributed by atoms with van der Waals surface area (Å²) < 4.78 is 37.6. The van der Waals surface area contributed by atoms with Crippen molar-refractivity contribution >= 4 is 26.9 Å². The number of sulfone groups is 1. The van der Waals surface area contributed by atoms with Crippen molar-refractivity contribution in [1.82, 2.24) is 0 Å². The summed E-state index contributed by atoms with van der Waals surface area (Å²) in [6, 6.07) is 8.05. The second kappa shape index (κ2) is 5.31. The highest BCUT2D eigenvalue weighted by Gasteiger charge is 2.27. The number of halogens is 1. The summed E-state index contributed by atoms with van der Waals surface area (Å²) in [5, 5.41) is 10.9. The van der Waals surface area contributed by atoms with Gasteiger partial charge in [0.15, 0.2) is 9.84 Å². The van der Waals surface area contributed by atoms with Crippen molar-refractivity contribution in [3.8, 4) is 0 Å². The van der Waals surface area contributed by atoms with Crippen LogP contribution in [0, 0.1) is 15.9 Å². The normalized spacial score (nSPS) is 13.9. The van der Waals surface area contributed by atoms with Gasteiger partial charge < -0.3 is 4.90 Å². The van der Waals surface area contributed by atoms with Crippen LogP contribution < -0.4 is 4.90 Å². The Labute approximate surface area is 132 Å². The SMILES string of the molecule is CS(=O)(=O)c1cc([N+](=O)[O-])ccc1N1CCc2ccc(F)cc21. The first kappa shape index (κ1) is 15.4. The minimum atomic E-state index is -3.68. The maximum absolute atomic E-state index is 13.5. The van der Waals surface area contributed by atoms with E-state index in [2.05, 4.69) is 0 Å². The molecule has 0 atom stereocenters. The Morgan fingerprint density at radius 3 is 2.57 bits per heavy atom. The lowest BCUT2D eigenvalue weighted by Crippen LogP contribution is -2.17. The fraction of sp³-hybridized carbons (Fsp3) is 0.200. The minimum Gasteiger partial charge on any atom is -0.340 e. The Morgan fingerprint density at radius 2 is 1.91 bits per heavy atom. The molecule has 23 heavy (non-hydrogen) atoms. The number of nitro benzene ring substituents is 1. The van der Waals surface area contributed by atoms with Crippen LogP contribution in [-0.4, -0.2) is 26.1 Å². The molecular formula is C15H13FN2O4S. The third kappa shape index (κ3) is 2.77. The standard InChI is InChI=1S/C15H13FN2O4S/c1-23(21,22)15-9-12(18(19)20)4-5-13(15)17-7-6-10-2-3-11(16)8-14(10)17/h2-5,8-9H,6-7H2,1H3. The monoisotopic (exact) mass is 336 g/mol. The van der Waals surface area contributed by atoms with Crippen LogP contribution in [-0.2, 0) is 16.3 Å². The zero-order valence-corrected chi connectivity index (χ0v) is 13.0. The number of fused-ring (bicyclic) bond motifs is 1. The average Bonchev–Trinajstić information content (AvgIpc) is 2.88. The molecule has 0 aliphatic carbocycles. The summed E-state index contributed by atoms with van der Waals surface area (Å²) in [6.07, 6.45) is 1.65. The number of rotatable bonds is 3. The highest BCUT2D eigenvalue weighted by atomic mass is 32.2. The Morgan fingerprint density at radius 1 is 1.17 bits per heavy atom. The number of anilines is 2. The van der Waals surface area contributed by atoms with E-state index in [1.54, 1.807) is 11.0 Å². The minimum absolute atomic E-state index is 0.135. The quantitative estimate of drug-likeness (QED) is 0.636. The predicted octanol–water partition coefficient (Wildman–Crippen LogP) is 2.83. The number of non-ortho nitro benzene ring substituents is 1. The molecule has 0 spiro atoms. The van der Waals surface area contributed by atoms with Crippen LogP contribution in [0.2, 0.25) is 0 Å². The Hall–Kier alpha value is -2.48. The van der Waals surface area contributed by atoms with Gasteiger partial charge in [-0.25, -0.2) is 12.8 Å². The molecule has 1 aliphatic rings. The number of benzene rings is 2. The Kier molecular flexibility index (Phi) is 3.56. The number of hydrogen-bond acceptors (Lipinski definition) is 5. The maximum Gasteiger partial charge on any atom is 0.270 e. The van der Waals surface area contributed by atoms with E-state index in [1.807, 2.05) is 0 Å². The van der Waals surface area contributed by atoms with E-state index in [4.69, 9.17) is 0 Å². The number of nitrogens with zero attached hydrogens (tertiary/aromatic N) is 2. The molecule has 0 N–H and O–H groups in total. The number of hydrogen-bond donors (Lipinski definition) is 0. The topological polar surface area (TPSA) is 80.5 Å². The Bertz CT molecular complexity index is 912. The van der Waals surface area contributed by atoms with E-state index in [-0.39, 0.29) is 10.6 Å². The van der Waals surface area contributed by atoms with Gasteiger partial charge in [0.2, 0.25) is 0 Å². The number of nitro groups is 1. The first-order valence-electron chi connectivity index (χ1n) is 6.82. The van der Waals surface area contributed by atoms with E-state index in [0.717, 1.165) is 17.9 Å². The molecule has 0 amide bonds. The van der Waals surface area contributed by atoms with Crippen molar-refractivity contribution in [2.45, 2.75) is 11.3 Å². The lowest BCUT2D eigenvalue weighted by Gasteiger charge is -2.22. The lowest BCUT2D eigenvalue weighted by atomic mass is 10.1. The van der Waals surface area contributed by atoms with Crippen molar-refractivity contribution in [3.05, 3.63) is 57.9 Å². The molecule has 0 fully saturated rings. The van der Waals surface area contributed by atoms with Crippen LogP contribution in [0.25, 0.3) is 0 Å². The fourth-order valence-corrected chi connectivity index (χ4v) is 3.63. The second-order valence-electron chi connectivity index (χ2n) is 5.36. The molecular weight excluding hydrogens is 323 g/mol. The summed E-state index contributed by atoms with van der Waals surface area (Å²) >= 11 is 0. The van der Waals surface area contributed by atoms with Gasteiger partial charge in [0.05, 0.1) is 15.5 Å². The van der Waals surface area contributed by atoms with Gasteiger partial charge in [-0.15, -0.1) is 0 Å². The maximum atomic E-state index is 13.5. The molecule has 1 aliphatic heterocycles. The summed E-state index contributed by atoms with van der Waals surface area (Å²) in [7, 11) is -3.68. The molecule has 0 aromatic heterocycles. The van der Waals surface area contributed by atoms with Crippen LogP contribution >= 0.6 is 0 Å². The highest BCUT2D eigenvalue weighted by molar-refractivity contribution is 7.90. The van der Waals surface area contributed by atoms with Crippen LogP contribution in [0.15, 0.2) is 41.3 Å². The van der Waals surface area contributed by atoms with Crippen molar-refractivity contribution < 1.29 is 17.7 Å². The molecule has 1 heterocycles. The molecule has 0 saturated heterocycles. The van der Waals surface area contributed by atoms with Gasteiger partial charge in [-0.3, -0.25) is 10.1 Å². The van der Waals surface area contributed by atoms with E-state index >= 15 is 0 Å². The smallest absolute Gasteiger partial charge is 0.270 e. The van der Waals surface area contributed by atoms with Crippen LogP contribution in [0.4, 0.5) is 21.5 Å². The fourth-order valence-electron chi connectivity index (χ4n) is 2.74. The summed E-state index contributed by atoms with van der Waals surface area (Å²) in [4.78, 5) is 11.8. The zero-order chi connectivity index (χ0) is 16.8. The van der Waals surface area contributed by atoms with Gasteiger partial charge in [-0.05, 0) is 30.2 Å². The largest absolute Gasteiger partial charge is 0.340 e. The van der Waals surface area contributed by atoms with Gasteiger partial charge >= 0.3 is 0 Å². The molecule has 8 heteroatoms. The van der Waals surface area contributed by atoms with Crippen molar-refractivity contribution in [2.24, 2.45) is 0 Å². The van der Waals surface area contributed by atoms with Gasteiger partial charge in [0.1, 0.15) is 5.82 Å². The second-order valence-corrected chi connectivity index (χ2v) is 7.34. The Balaban J connectivity index is 2.19. The van der Waals surface area contributed by atoms with Gasteiger partial charge in [-0.1, -0.05) is 6.07 Å². The van der Waals surface area contributed by atoms with Crippen molar-refractivity contribution in [2.75, 3.05) is 17.7 Å². The molecule has 2 aromatic carbocycles. The van der Waals surface area contributed by atoms with Gasteiger partial charge in [-0.2, -0.15) is 0 Å². The molecule has 2 aromatic rings. The average molecular weight is 336 g/mol. The molecule has 0 bridgehead atoms. The molecule has 0 unspecified atom stereocenters. The van der Waals surface area contributed by atoms with E-state index < -0.39 is 20.6 Å². The van der Waals surface area contributed by atoms with Crippen molar-refractivity contribution in [1.29, 1.82) is 0 Å². The summed E-state index contributed by atoms with van der Waals surface area (Å²) in [5.41, 5.74) is 1.52. The lowest BCUT2D eigenvalue weighted by molar-refractivity contribution is -0.385. The first-order chi connectivity index (χ1) is 10.8. The van der Waals surface area contributed by atoms with E-state index in [1.165, 1.54) is 24.3 Å². The molecule has 120 valence electrons. The van der Waals surface area contributed by atoms with Gasteiger partial charge in [0, 0.05) is 30.6 Å². The third-order valence-electron chi connectivity index (χ3n) is 3.79. The molecule has 3 rings (SSSR count). The van der Waals surface area contributed by atoms with Crippen LogP contribution in [0.5, 0.6) is 0 Å². The molecule has 6 nitrogen and oxygen atoms in total. The van der Waals surface area contributed by atoms with E-state index in [9.17, 15) is 22.9 Å². The summed E-state index contributed by atoms with van der Waals surface area (Å²) in [5.74, 6) is -0.418. The van der Waals surface area contributed by atoms with Gasteiger partial charge in [0.25, 0.3) is 5.69 Å². The zero-order valence-electron chi connectivity index (χ0n) is 12.2. The van der Waals surface area contributed by atoms with Crippen molar-refractivity contribution in [3.63, 3.8) is 0 Å². The predicted molar refractivity (Wildman–Crippen MR) is 83.3 cm³/mol. The van der Waals surface area contributed by atoms with E-state index in [0.29, 0.717) is 24.3 Å². The highest BCUT2D eigenvalue weighted by Crippen LogP contribution is 2.39. The molecule has 0 radical (unpaired) electrons. The first-order valence-corrected chi connectivity index (χ1v) is 8.71. The van der Waals surface area contributed by atoms with Crippen LogP contribution in [0.3, 0.4) is 0 Å². The third-order valence-corrected chi connectivity index (χ3v) is 4.91.